The minimum Gasteiger partial charge on any atom is -0.490 e. The van der Waals surface area contributed by atoms with Gasteiger partial charge in [0.05, 0.1) is 36.8 Å². The quantitative estimate of drug-likeness (QED) is 0.326. The summed E-state index contributed by atoms with van der Waals surface area (Å²) in [6.45, 7) is 6.44. The van der Waals surface area contributed by atoms with E-state index in [0.717, 1.165) is 36.2 Å². The maximum absolute atomic E-state index is 14.3. The number of hydrogen-bond donors (Lipinski definition) is 2. The van der Waals surface area contributed by atoms with E-state index in [2.05, 4.69) is 4.72 Å². The number of aliphatic hydroxyl groups is 1. The van der Waals surface area contributed by atoms with E-state index >= 15 is 0 Å². The van der Waals surface area contributed by atoms with E-state index in [1.54, 1.807) is 47.4 Å². The molecule has 4 atom stereocenters. The van der Waals surface area contributed by atoms with Crippen LogP contribution >= 0.6 is 11.3 Å². The van der Waals surface area contributed by atoms with Gasteiger partial charge >= 0.3 is 0 Å². The number of aliphatic hydroxyl groups excluding tert-OH is 1. The van der Waals surface area contributed by atoms with Gasteiger partial charge in [0.1, 0.15) is 9.96 Å². The van der Waals surface area contributed by atoms with E-state index in [9.17, 15) is 23.1 Å². The number of rotatable bonds is 9. The van der Waals surface area contributed by atoms with Crippen molar-refractivity contribution in [2.45, 2.75) is 68.9 Å². The molecule has 1 aliphatic heterocycles. The lowest BCUT2D eigenvalue weighted by Gasteiger charge is -2.36. The minimum atomic E-state index is -3.85. The van der Waals surface area contributed by atoms with Gasteiger partial charge in [0, 0.05) is 38.3 Å². The van der Waals surface area contributed by atoms with Crippen LogP contribution in [0.4, 0.5) is 5.69 Å². The van der Waals surface area contributed by atoms with E-state index in [4.69, 9.17) is 9.47 Å². The van der Waals surface area contributed by atoms with E-state index in [1.807, 2.05) is 44.2 Å². The average molecular weight is 672 g/mol. The van der Waals surface area contributed by atoms with E-state index in [0.29, 0.717) is 18.9 Å². The lowest BCUT2D eigenvalue weighted by molar-refractivity contribution is -0.131. The maximum atomic E-state index is 14.3. The number of carbonyl (C=O) groups is 2. The van der Waals surface area contributed by atoms with Crippen LogP contribution in [0.1, 0.15) is 56.0 Å². The Balaban J connectivity index is 1.62. The van der Waals surface area contributed by atoms with Crippen LogP contribution in [0.3, 0.4) is 0 Å². The summed E-state index contributed by atoms with van der Waals surface area (Å²) in [5.74, 6) is -0.306. The second-order valence-electron chi connectivity index (χ2n) is 12.0. The molecule has 46 heavy (non-hydrogen) atoms. The molecule has 4 rings (SSSR count). The second kappa shape index (κ2) is 16.4. The number of likely N-dealkylation sites (N-methyl/N-ethyl adjacent to an activating group) is 1. The number of ether oxygens (including phenoxy) is 2. The van der Waals surface area contributed by atoms with Gasteiger partial charge < -0.3 is 24.4 Å². The SMILES string of the molecule is C[C@@H]1CN([C@H](C)CO)C(=O)c2cc(NS(=O)(=O)c3cccs3)ccc2O[C@@H](C)CCCCO[C@@H]1CN(C)C(=O)Cc1ccccc1. The average Bonchev–Trinajstić information content (AvgIpc) is 3.59. The zero-order valence-electron chi connectivity index (χ0n) is 26.9. The first-order valence-electron chi connectivity index (χ1n) is 15.7. The van der Waals surface area contributed by atoms with Crippen LogP contribution in [-0.4, -0.2) is 86.7 Å². The first-order valence-corrected chi connectivity index (χ1v) is 18.0. The molecule has 0 fully saturated rings. The van der Waals surface area contributed by atoms with Gasteiger partial charge in [-0.2, -0.15) is 0 Å². The topological polar surface area (TPSA) is 125 Å². The Morgan fingerprint density at radius 3 is 2.59 bits per heavy atom. The lowest BCUT2D eigenvalue weighted by atomic mass is 10.0. The molecule has 0 bridgehead atoms. The molecule has 0 saturated heterocycles. The van der Waals surface area contributed by atoms with Gasteiger partial charge in [0.25, 0.3) is 15.9 Å². The summed E-state index contributed by atoms with van der Waals surface area (Å²) >= 11 is 1.10. The molecular weight excluding hydrogens is 627 g/mol. The highest BCUT2D eigenvalue weighted by Crippen LogP contribution is 2.30. The number of nitrogens with one attached hydrogen (secondary N) is 1. The molecule has 2 amide bonds. The number of fused-ring (bicyclic) bond motifs is 1. The van der Waals surface area contributed by atoms with Gasteiger partial charge in [0.15, 0.2) is 0 Å². The molecule has 1 aliphatic rings. The summed E-state index contributed by atoms with van der Waals surface area (Å²) in [6, 6.07) is 16.9. The van der Waals surface area contributed by atoms with Crippen molar-refractivity contribution in [3.63, 3.8) is 0 Å². The van der Waals surface area contributed by atoms with Crippen molar-refractivity contribution in [2.75, 3.05) is 38.1 Å². The number of carbonyl (C=O) groups excluding carboxylic acids is 2. The summed E-state index contributed by atoms with van der Waals surface area (Å²) in [6.07, 6.45) is 2.04. The summed E-state index contributed by atoms with van der Waals surface area (Å²) < 4.78 is 41.3. The van der Waals surface area contributed by atoms with Crippen LogP contribution in [0.5, 0.6) is 5.75 Å². The first kappa shape index (κ1) is 35.4. The normalized spacial score (nSPS) is 20.6. The fourth-order valence-corrected chi connectivity index (χ4v) is 7.39. The van der Waals surface area contributed by atoms with Gasteiger partial charge in [-0.05, 0) is 68.3 Å². The summed E-state index contributed by atoms with van der Waals surface area (Å²) in [5.41, 5.74) is 1.35. The molecule has 0 aliphatic carbocycles. The zero-order chi connectivity index (χ0) is 33.3. The van der Waals surface area contributed by atoms with Crippen molar-refractivity contribution in [1.29, 1.82) is 0 Å². The Morgan fingerprint density at radius 1 is 1.13 bits per heavy atom. The molecule has 12 heteroatoms. The third-order valence-electron chi connectivity index (χ3n) is 8.14. The third-order valence-corrected chi connectivity index (χ3v) is 10.9. The highest BCUT2D eigenvalue weighted by molar-refractivity contribution is 7.94. The monoisotopic (exact) mass is 671 g/mol. The van der Waals surface area contributed by atoms with E-state index in [1.165, 1.54) is 12.1 Å². The Labute approximate surface area is 276 Å². The van der Waals surface area contributed by atoms with Gasteiger partial charge in [-0.15, -0.1) is 11.3 Å². The molecule has 10 nitrogen and oxygen atoms in total. The van der Waals surface area contributed by atoms with Crippen molar-refractivity contribution < 1.29 is 32.6 Å². The first-order chi connectivity index (χ1) is 22.0. The molecule has 0 radical (unpaired) electrons. The number of anilines is 1. The molecule has 250 valence electrons. The van der Waals surface area contributed by atoms with Crippen molar-refractivity contribution in [1.82, 2.24) is 9.80 Å². The molecule has 0 unspecified atom stereocenters. The van der Waals surface area contributed by atoms with Gasteiger partial charge in [-0.25, -0.2) is 8.42 Å². The van der Waals surface area contributed by atoms with Crippen molar-refractivity contribution >= 4 is 38.9 Å². The van der Waals surface area contributed by atoms with Crippen LogP contribution < -0.4 is 9.46 Å². The number of sulfonamides is 1. The number of nitrogens with zero attached hydrogens (tertiary/aromatic N) is 2. The highest BCUT2D eigenvalue weighted by atomic mass is 32.2. The van der Waals surface area contributed by atoms with Gasteiger partial charge in [0.2, 0.25) is 5.91 Å². The fraction of sp³-hybridized carbons (Fsp3) is 0.471. The fourth-order valence-electron chi connectivity index (χ4n) is 5.35. The van der Waals surface area contributed by atoms with Gasteiger partial charge in [-0.1, -0.05) is 43.3 Å². The van der Waals surface area contributed by atoms with Crippen LogP contribution in [-0.2, 0) is 26.0 Å². The molecular formula is C34H45N3O7S2. The highest BCUT2D eigenvalue weighted by Gasteiger charge is 2.31. The molecule has 0 saturated carbocycles. The molecule has 3 aromatic rings. The Morgan fingerprint density at radius 2 is 1.89 bits per heavy atom. The molecule has 2 N–H and O–H groups in total. The minimum absolute atomic E-state index is 0.0320. The maximum Gasteiger partial charge on any atom is 0.271 e. The standard InChI is InChI=1S/C34H45N3O7S2/c1-24-21-37(25(2)23-38)34(40)29-20-28(35-46(41,42)33-14-10-18-45-33)15-16-30(29)44-26(3)11-8-9-17-43-31(24)22-36(4)32(39)19-27-12-6-5-7-13-27/h5-7,10,12-16,18,20,24-26,31,35,38H,8-9,11,17,19,21-23H2,1-4H3/t24-,25-,26+,31-/m1/s1. The summed E-state index contributed by atoms with van der Waals surface area (Å²) in [5, 5.41) is 11.9. The van der Waals surface area contributed by atoms with Crippen LogP contribution in [0.2, 0.25) is 0 Å². The number of benzene rings is 2. The Bertz CT molecular complexity index is 1530. The smallest absolute Gasteiger partial charge is 0.271 e. The Hall–Kier alpha value is -3.45. The zero-order valence-corrected chi connectivity index (χ0v) is 28.6. The molecule has 2 aromatic carbocycles. The number of thiophene rings is 1. The molecule has 1 aromatic heterocycles. The lowest BCUT2D eigenvalue weighted by Crippen LogP contribution is -2.48. The van der Waals surface area contributed by atoms with Crippen LogP contribution in [0.25, 0.3) is 0 Å². The Kier molecular flexibility index (Phi) is 12.6. The molecule has 2 heterocycles. The second-order valence-corrected chi connectivity index (χ2v) is 14.8. The van der Waals surface area contributed by atoms with E-state index in [-0.39, 0.29) is 59.1 Å². The third kappa shape index (κ3) is 9.54. The van der Waals surface area contributed by atoms with E-state index < -0.39 is 22.0 Å². The van der Waals surface area contributed by atoms with Crippen molar-refractivity contribution in [2.24, 2.45) is 5.92 Å². The summed E-state index contributed by atoms with van der Waals surface area (Å²) in [4.78, 5) is 30.7. The predicted octanol–water partition coefficient (Wildman–Crippen LogP) is 5.05. The number of hydrogen-bond acceptors (Lipinski definition) is 8. The predicted molar refractivity (Wildman–Crippen MR) is 180 cm³/mol. The molecule has 0 spiro atoms. The summed E-state index contributed by atoms with van der Waals surface area (Å²) in [7, 11) is -2.08. The largest absolute Gasteiger partial charge is 0.490 e. The van der Waals surface area contributed by atoms with Crippen LogP contribution in [0, 0.1) is 5.92 Å². The van der Waals surface area contributed by atoms with Crippen LogP contribution in [0.15, 0.2) is 70.3 Å². The van der Waals surface area contributed by atoms with Gasteiger partial charge in [-0.3, -0.25) is 14.3 Å². The van der Waals surface area contributed by atoms with Crippen molar-refractivity contribution in [3.05, 3.63) is 77.2 Å². The van der Waals surface area contributed by atoms with Crippen molar-refractivity contribution in [3.8, 4) is 5.75 Å². The number of amides is 2.